The quantitative estimate of drug-likeness (QED) is 0.638. The number of aromatic nitrogens is 1. The van der Waals surface area contributed by atoms with Gasteiger partial charge in [-0.05, 0) is 30.3 Å². The molecule has 1 aromatic heterocycles. The van der Waals surface area contributed by atoms with Crippen molar-refractivity contribution in [3.63, 3.8) is 0 Å². The summed E-state index contributed by atoms with van der Waals surface area (Å²) in [5.74, 6) is -0.274. The third-order valence-electron chi connectivity index (χ3n) is 3.89. The van der Waals surface area contributed by atoms with E-state index in [4.69, 9.17) is 4.74 Å². The van der Waals surface area contributed by atoms with Crippen LogP contribution in [-0.4, -0.2) is 23.9 Å². The van der Waals surface area contributed by atoms with Gasteiger partial charge in [0.2, 0.25) is 5.91 Å². The van der Waals surface area contributed by atoms with Gasteiger partial charge in [0.15, 0.2) is 5.13 Å². The Labute approximate surface area is 165 Å². The Balaban J connectivity index is 1.53. The Morgan fingerprint density at radius 1 is 1.14 bits per heavy atom. The summed E-state index contributed by atoms with van der Waals surface area (Å²) in [4.78, 5) is 28.5. The number of carbonyl (C=O) groups is 2. The Morgan fingerprint density at radius 3 is 2.64 bits per heavy atom. The van der Waals surface area contributed by atoms with Crippen molar-refractivity contribution in [1.82, 2.24) is 10.3 Å². The van der Waals surface area contributed by atoms with Crippen LogP contribution in [0.15, 0.2) is 53.9 Å². The molecule has 0 saturated heterocycles. The number of nitrogens with one attached hydrogen (secondary N) is 2. The average Bonchev–Trinajstić information content (AvgIpc) is 3.13. The van der Waals surface area contributed by atoms with Gasteiger partial charge in [-0.2, -0.15) is 0 Å². The minimum atomic E-state index is -0.410. The molecule has 3 aromatic rings. The lowest BCUT2D eigenvalue weighted by Crippen LogP contribution is -2.25. The van der Waals surface area contributed by atoms with Crippen LogP contribution >= 0.6 is 11.3 Å². The average molecular weight is 399 g/mol. The third kappa shape index (κ3) is 5.14. The predicted molar refractivity (Wildman–Crippen MR) is 105 cm³/mol. The number of nitrogens with zero attached hydrogens (tertiary/aromatic N) is 1. The number of benzene rings is 2. The number of ether oxygens (including phenoxy) is 1. The molecular weight excluding hydrogens is 381 g/mol. The fourth-order valence-corrected chi connectivity index (χ4v) is 3.19. The van der Waals surface area contributed by atoms with Crippen molar-refractivity contribution in [2.24, 2.45) is 0 Å². The van der Waals surface area contributed by atoms with E-state index in [9.17, 15) is 14.0 Å². The van der Waals surface area contributed by atoms with Gasteiger partial charge in [-0.15, -0.1) is 11.3 Å². The van der Waals surface area contributed by atoms with Crippen molar-refractivity contribution in [2.45, 2.75) is 13.0 Å². The van der Waals surface area contributed by atoms with Crippen molar-refractivity contribution in [1.29, 1.82) is 0 Å². The summed E-state index contributed by atoms with van der Waals surface area (Å²) in [6.07, 6.45) is 0.0953. The van der Waals surface area contributed by atoms with E-state index in [1.807, 2.05) is 24.3 Å². The first-order chi connectivity index (χ1) is 13.5. The summed E-state index contributed by atoms with van der Waals surface area (Å²) in [7, 11) is 1.58. The first-order valence-electron chi connectivity index (χ1n) is 8.45. The molecular formula is C20H18FN3O3S. The molecule has 2 N–H and O–H groups in total. The van der Waals surface area contributed by atoms with Crippen molar-refractivity contribution >= 4 is 28.3 Å². The third-order valence-corrected chi connectivity index (χ3v) is 4.70. The molecule has 0 aliphatic heterocycles. The zero-order chi connectivity index (χ0) is 19.9. The highest BCUT2D eigenvalue weighted by Gasteiger charge is 2.12. The number of thiazole rings is 1. The highest BCUT2D eigenvalue weighted by Crippen LogP contribution is 2.18. The van der Waals surface area contributed by atoms with Gasteiger partial charge in [0.05, 0.1) is 19.2 Å². The van der Waals surface area contributed by atoms with E-state index in [0.717, 1.165) is 5.56 Å². The van der Waals surface area contributed by atoms with Gasteiger partial charge in [0, 0.05) is 23.1 Å². The van der Waals surface area contributed by atoms with E-state index in [2.05, 4.69) is 15.6 Å². The highest BCUT2D eigenvalue weighted by molar-refractivity contribution is 7.14. The van der Waals surface area contributed by atoms with Crippen LogP contribution < -0.4 is 15.4 Å². The van der Waals surface area contributed by atoms with Crippen molar-refractivity contribution in [3.05, 3.63) is 76.5 Å². The first kappa shape index (κ1) is 19.5. The summed E-state index contributed by atoms with van der Waals surface area (Å²) in [5, 5.41) is 7.56. The summed E-state index contributed by atoms with van der Waals surface area (Å²) in [5.41, 5.74) is 1.76. The van der Waals surface area contributed by atoms with Gasteiger partial charge in [-0.25, -0.2) is 9.37 Å². The maximum Gasteiger partial charge on any atom is 0.257 e. The summed E-state index contributed by atoms with van der Waals surface area (Å²) < 4.78 is 18.2. The van der Waals surface area contributed by atoms with Crippen LogP contribution in [-0.2, 0) is 17.8 Å². The lowest BCUT2D eigenvalue weighted by molar-refractivity contribution is -0.120. The Kier molecular flexibility index (Phi) is 6.33. The van der Waals surface area contributed by atoms with Crippen LogP contribution in [0.2, 0.25) is 0 Å². The van der Waals surface area contributed by atoms with Crippen LogP contribution in [0.3, 0.4) is 0 Å². The molecule has 0 spiro atoms. The Hall–Kier alpha value is -3.26. The fraction of sp³-hybridized carbons (Fsp3) is 0.150. The topological polar surface area (TPSA) is 80.3 Å². The molecule has 144 valence electrons. The van der Waals surface area contributed by atoms with Crippen LogP contribution in [0.1, 0.15) is 21.6 Å². The molecule has 0 aliphatic rings. The normalized spacial score (nSPS) is 10.4. The van der Waals surface area contributed by atoms with E-state index < -0.39 is 5.82 Å². The second-order valence-electron chi connectivity index (χ2n) is 5.87. The SMILES string of the molecule is COc1ccccc1CNC(=O)Cc1csc(NC(=O)c2ccc(F)cc2)n1. The summed E-state index contributed by atoms with van der Waals surface area (Å²) in [6, 6.07) is 12.7. The maximum absolute atomic E-state index is 12.9. The molecule has 0 fully saturated rings. The minimum Gasteiger partial charge on any atom is -0.496 e. The van der Waals surface area contributed by atoms with Gasteiger partial charge in [-0.1, -0.05) is 18.2 Å². The molecule has 0 bridgehead atoms. The Bertz CT molecular complexity index is 973. The molecule has 0 atom stereocenters. The molecule has 0 saturated carbocycles. The molecule has 0 aliphatic carbocycles. The van der Waals surface area contributed by atoms with Crippen LogP contribution in [0.4, 0.5) is 9.52 Å². The van der Waals surface area contributed by atoms with Crippen molar-refractivity contribution in [2.75, 3.05) is 12.4 Å². The maximum atomic E-state index is 12.9. The standard InChI is InChI=1S/C20H18FN3O3S/c1-27-17-5-3-2-4-14(17)11-22-18(25)10-16-12-28-20(23-16)24-19(26)13-6-8-15(21)9-7-13/h2-9,12H,10-11H2,1H3,(H,22,25)(H,23,24,26). The van der Waals surface area contributed by atoms with Gasteiger partial charge in [0.25, 0.3) is 5.91 Å². The number of anilines is 1. The van der Waals surface area contributed by atoms with E-state index in [0.29, 0.717) is 28.7 Å². The number of hydrogen-bond donors (Lipinski definition) is 2. The number of hydrogen-bond acceptors (Lipinski definition) is 5. The zero-order valence-corrected chi connectivity index (χ0v) is 15.9. The lowest BCUT2D eigenvalue weighted by atomic mass is 10.2. The van der Waals surface area contributed by atoms with E-state index >= 15 is 0 Å². The first-order valence-corrected chi connectivity index (χ1v) is 9.33. The molecule has 2 aromatic carbocycles. The molecule has 8 heteroatoms. The molecule has 2 amide bonds. The minimum absolute atomic E-state index is 0.0953. The number of methoxy groups -OCH3 is 1. The molecule has 28 heavy (non-hydrogen) atoms. The summed E-state index contributed by atoms with van der Waals surface area (Å²) in [6.45, 7) is 0.348. The van der Waals surface area contributed by atoms with E-state index in [1.54, 1.807) is 12.5 Å². The molecule has 6 nitrogen and oxygen atoms in total. The van der Waals surface area contributed by atoms with E-state index in [-0.39, 0.29) is 18.2 Å². The molecule has 0 radical (unpaired) electrons. The number of rotatable bonds is 7. The van der Waals surface area contributed by atoms with Crippen molar-refractivity contribution in [3.8, 4) is 5.75 Å². The largest absolute Gasteiger partial charge is 0.496 e. The second-order valence-corrected chi connectivity index (χ2v) is 6.73. The van der Waals surface area contributed by atoms with Crippen LogP contribution in [0.25, 0.3) is 0 Å². The van der Waals surface area contributed by atoms with Gasteiger partial charge in [-0.3, -0.25) is 14.9 Å². The molecule has 3 rings (SSSR count). The number of carbonyl (C=O) groups excluding carboxylic acids is 2. The smallest absolute Gasteiger partial charge is 0.257 e. The zero-order valence-electron chi connectivity index (χ0n) is 15.1. The van der Waals surface area contributed by atoms with Crippen LogP contribution in [0, 0.1) is 5.82 Å². The Morgan fingerprint density at radius 2 is 1.89 bits per heavy atom. The number of amides is 2. The highest BCUT2D eigenvalue weighted by atomic mass is 32.1. The van der Waals surface area contributed by atoms with Gasteiger partial charge < -0.3 is 10.1 Å². The lowest BCUT2D eigenvalue weighted by Gasteiger charge is -2.09. The fourth-order valence-electron chi connectivity index (χ4n) is 2.49. The second kappa shape index (κ2) is 9.09. The predicted octanol–water partition coefficient (Wildman–Crippen LogP) is 3.40. The van der Waals surface area contributed by atoms with Gasteiger partial charge in [0.1, 0.15) is 11.6 Å². The molecule has 1 heterocycles. The monoisotopic (exact) mass is 399 g/mol. The number of para-hydroxylation sites is 1. The van der Waals surface area contributed by atoms with Gasteiger partial charge >= 0.3 is 0 Å². The van der Waals surface area contributed by atoms with E-state index in [1.165, 1.54) is 35.6 Å². The number of halogens is 1. The van der Waals surface area contributed by atoms with Crippen LogP contribution in [0.5, 0.6) is 5.75 Å². The van der Waals surface area contributed by atoms with Crippen molar-refractivity contribution < 1.29 is 18.7 Å². The molecule has 0 unspecified atom stereocenters. The summed E-state index contributed by atoms with van der Waals surface area (Å²) >= 11 is 1.22.